The molecule has 1 amide bonds. The third kappa shape index (κ3) is 5.81. The number of carbonyl (C=O) groups is 1. The molecular weight excluding hydrogens is 373 g/mol. The van der Waals surface area contributed by atoms with Crippen LogP contribution in [0.1, 0.15) is 62.9 Å². The molecule has 0 spiro atoms. The van der Waals surface area contributed by atoms with E-state index < -0.39 is 12.2 Å². The number of hydrogen-bond acceptors (Lipinski definition) is 5. The zero-order valence-electron chi connectivity index (χ0n) is 17.7. The maximum absolute atomic E-state index is 13.0. The van der Waals surface area contributed by atoms with Gasteiger partial charge < -0.3 is 19.7 Å². The van der Waals surface area contributed by atoms with E-state index in [1.807, 2.05) is 19.9 Å². The predicted octanol–water partition coefficient (Wildman–Crippen LogP) is 3.75. The van der Waals surface area contributed by atoms with Gasteiger partial charge in [-0.2, -0.15) is 0 Å². The van der Waals surface area contributed by atoms with Crippen molar-refractivity contribution in [2.45, 2.75) is 57.9 Å². The summed E-state index contributed by atoms with van der Waals surface area (Å²) < 4.78 is 23.8. The van der Waals surface area contributed by atoms with E-state index in [1.165, 1.54) is 25.7 Å². The van der Waals surface area contributed by atoms with Gasteiger partial charge in [0.25, 0.3) is 5.91 Å². The molecule has 0 unspecified atom stereocenters. The summed E-state index contributed by atoms with van der Waals surface area (Å²) in [5.74, 6) is 0.918. The fourth-order valence-electron chi connectivity index (χ4n) is 3.64. The summed E-state index contributed by atoms with van der Waals surface area (Å²) >= 11 is 0. The molecule has 1 saturated heterocycles. The fraction of sp³-hybridized carbons (Fsp3) is 0.727. The molecule has 1 N–H and O–H groups in total. The highest BCUT2D eigenvalue weighted by molar-refractivity contribution is 5.93. The third-order valence-corrected chi connectivity index (χ3v) is 6.00. The van der Waals surface area contributed by atoms with Crippen LogP contribution in [-0.2, 0) is 4.74 Å². The zero-order valence-corrected chi connectivity index (χ0v) is 17.7. The number of halogens is 1. The molecule has 1 aromatic rings. The van der Waals surface area contributed by atoms with Crippen molar-refractivity contribution in [1.82, 2.24) is 10.3 Å². The molecule has 1 aromatic heterocycles. The second kappa shape index (κ2) is 10.2. The number of alkyl halides is 1. The molecule has 1 aliphatic carbocycles. The van der Waals surface area contributed by atoms with E-state index in [-0.39, 0.29) is 19.1 Å². The van der Waals surface area contributed by atoms with Gasteiger partial charge in [0.2, 0.25) is 5.88 Å². The van der Waals surface area contributed by atoms with Gasteiger partial charge in [-0.15, -0.1) is 0 Å². The minimum atomic E-state index is -0.531. The molecule has 2 heterocycles. The molecule has 0 aromatic carbocycles. The van der Waals surface area contributed by atoms with Gasteiger partial charge in [-0.3, -0.25) is 4.79 Å². The van der Waals surface area contributed by atoms with Gasteiger partial charge >= 0.3 is 0 Å². The lowest BCUT2D eigenvalue weighted by Gasteiger charge is -2.32. The Morgan fingerprint density at radius 2 is 2.00 bits per heavy atom. The standard InChI is InChI=1S/C22H34FN3O3/c1-3-22(4-2,16-28-14-11-23)25-20(27)18-9-10-19(26-12-5-6-13-26)21(24-18)29-15-17-7-8-17/h9-10,17H,3-8,11-16H2,1-2H3,(H,25,27). The normalized spacial score (nSPS) is 16.9. The third-order valence-electron chi connectivity index (χ3n) is 6.00. The number of pyridine rings is 1. The molecule has 0 bridgehead atoms. The molecule has 6 nitrogen and oxygen atoms in total. The highest BCUT2D eigenvalue weighted by atomic mass is 19.1. The van der Waals surface area contributed by atoms with E-state index in [1.54, 1.807) is 6.07 Å². The summed E-state index contributed by atoms with van der Waals surface area (Å²) in [5.41, 5.74) is 0.787. The van der Waals surface area contributed by atoms with Crippen molar-refractivity contribution in [3.05, 3.63) is 17.8 Å². The first-order valence-electron chi connectivity index (χ1n) is 11.0. The second-order valence-electron chi connectivity index (χ2n) is 8.15. The maximum atomic E-state index is 13.0. The molecule has 162 valence electrons. The van der Waals surface area contributed by atoms with Crippen molar-refractivity contribution in [2.75, 3.05) is 44.5 Å². The average Bonchev–Trinajstić information content (AvgIpc) is 3.42. The van der Waals surface area contributed by atoms with E-state index in [2.05, 4.69) is 15.2 Å². The first-order valence-corrected chi connectivity index (χ1v) is 11.0. The molecule has 2 aliphatic rings. The van der Waals surface area contributed by atoms with E-state index in [0.29, 0.717) is 36.9 Å². The van der Waals surface area contributed by atoms with Crippen LogP contribution in [0.15, 0.2) is 12.1 Å². The van der Waals surface area contributed by atoms with Crippen molar-refractivity contribution in [3.63, 3.8) is 0 Å². The smallest absolute Gasteiger partial charge is 0.270 e. The second-order valence-corrected chi connectivity index (χ2v) is 8.15. The number of aromatic nitrogens is 1. The molecular formula is C22H34FN3O3. The van der Waals surface area contributed by atoms with Crippen LogP contribution in [0.25, 0.3) is 0 Å². The summed E-state index contributed by atoms with van der Waals surface area (Å²) in [6.45, 7) is 6.43. The van der Waals surface area contributed by atoms with Crippen molar-refractivity contribution in [2.24, 2.45) is 5.92 Å². The molecule has 7 heteroatoms. The Balaban J connectivity index is 1.74. The molecule has 1 aliphatic heterocycles. The first-order chi connectivity index (χ1) is 14.1. The van der Waals surface area contributed by atoms with Crippen molar-refractivity contribution in [1.29, 1.82) is 0 Å². The van der Waals surface area contributed by atoms with Crippen LogP contribution in [0, 0.1) is 5.92 Å². The molecule has 1 saturated carbocycles. The fourth-order valence-corrected chi connectivity index (χ4v) is 3.64. The van der Waals surface area contributed by atoms with Crippen molar-refractivity contribution in [3.8, 4) is 5.88 Å². The SMILES string of the molecule is CCC(CC)(COCCF)NC(=O)c1ccc(N2CCCC2)c(OCC2CC2)n1. The van der Waals surface area contributed by atoms with E-state index in [9.17, 15) is 9.18 Å². The zero-order chi connectivity index (χ0) is 20.7. The van der Waals surface area contributed by atoms with Gasteiger partial charge in [-0.05, 0) is 56.6 Å². The Kier molecular flexibility index (Phi) is 7.70. The van der Waals surface area contributed by atoms with Crippen LogP contribution in [-0.4, -0.2) is 56.0 Å². The molecule has 29 heavy (non-hydrogen) atoms. The average molecular weight is 408 g/mol. The molecule has 3 rings (SSSR count). The van der Waals surface area contributed by atoms with E-state index in [0.717, 1.165) is 18.8 Å². The van der Waals surface area contributed by atoms with Crippen molar-refractivity contribution < 1.29 is 18.7 Å². The van der Waals surface area contributed by atoms with Gasteiger partial charge in [0.15, 0.2) is 0 Å². The Bertz CT molecular complexity index is 671. The van der Waals surface area contributed by atoms with Gasteiger partial charge in [0, 0.05) is 13.1 Å². The van der Waals surface area contributed by atoms with Crippen LogP contribution in [0.3, 0.4) is 0 Å². The van der Waals surface area contributed by atoms with Crippen LogP contribution >= 0.6 is 0 Å². The minimum Gasteiger partial charge on any atom is -0.476 e. The Labute approximate surface area is 173 Å². The summed E-state index contributed by atoms with van der Waals surface area (Å²) in [6, 6.07) is 3.72. The van der Waals surface area contributed by atoms with Crippen LogP contribution < -0.4 is 15.0 Å². The number of nitrogens with zero attached hydrogens (tertiary/aromatic N) is 2. The highest BCUT2D eigenvalue weighted by Crippen LogP contribution is 2.33. The summed E-state index contributed by atoms with van der Waals surface area (Å²) in [4.78, 5) is 19.8. The Morgan fingerprint density at radius 1 is 1.28 bits per heavy atom. The van der Waals surface area contributed by atoms with E-state index >= 15 is 0 Å². The summed E-state index contributed by atoms with van der Waals surface area (Å²) in [5, 5.41) is 3.08. The number of amides is 1. The monoisotopic (exact) mass is 407 g/mol. The Morgan fingerprint density at radius 3 is 2.62 bits per heavy atom. The number of hydrogen-bond donors (Lipinski definition) is 1. The van der Waals surface area contributed by atoms with Gasteiger partial charge in [-0.1, -0.05) is 13.8 Å². The van der Waals surface area contributed by atoms with Crippen molar-refractivity contribution >= 4 is 11.6 Å². The summed E-state index contributed by atoms with van der Waals surface area (Å²) in [7, 11) is 0. The lowest BCUT2D eigenvalue weighted by molar-refractivity contribution is 0.0492. The maximum Gasteiger partial charge on any atom is 0.270 e. The van der Waals surface area contributed by atoms with Crippen LogP contribution in [0.4, 0.5) is 10.1 Å². The Hall–Kier alpha value is -1.89. The highest BCUT2D eigenvalue weighted by Gasteiger charge is 2.30. The number of anilines is 1. The quantitative estimate of drug-likeness (QED) is 0.535. The molecule has 0 atom stereocenters. The van der Waals surface area contributed by atoms with Gasteiger partial charge in [0.05, 0.1) is 31.0 Å². The predicted molar refractivity (Wildman–Crippen MR) is 111 cm³/mol. The van der Waals surface area contributed by atoms with E-state index in [4.69, 9.17) is 9.47 Å². The lowest BCUT2D eigenvalue weighted by atomic mass is 9.93. The topological polar surface area (TPSA) is 63.7 Å². The van der Waals surface area contributed by atoms with Gasteiger partial charge in [0.1, 0.15) is 12.4 Å². The minimum absolute atomic E-state index is 0.0412. The molecule has 2 fully saturated rings. The van der Waals surface area contributed by atoms with Crippen LogP contribution in [0.5, 0.6) is 5.88 Å². The first kappa shape index (κ1) is 21.8. The van der Waals surface area contributed by atoms with Gasteiger partial charge in [-0.25, -0.2) is 9.37 Å². The van der Waals surface area contributed by atoms with Crippen LogP contribution in [0.2, 0.25) is 0 Å². The summed E-state index contributed by atoms with van der Waals surface area (Å²) in [6.07, 6.45) is 6.12. The number of carbonyl (C=O) groups excluding carboxylic acids is 1. The largest absolute Gasteiger partial charge is 0.476 e. The number of nitrogens with one attached hydrogen (secondary N) is 1. The lowest BCUT2D eigenvalue weighted by Crippen LogP contribution is -2.51. The molecule has 0 radical (unpaired) electrons. The number of rotatable bonds is 12. The number of ether oxygens (including phenoxy) is 2.